The normalized spacial score (nSPS) is 23.2. The van der Waals surface area contributed by atoms with Gasteiger partial charge in [0, 0.05) is 43.6 Å². The number of benzene rings is 1. The van der Waals surface area contributed by atoms with E-state index in [1.807, 2.05) is 27.5 Å². The highest BCUT2D eigenvalue weighted by Gasteiger charge is 2.50. The average molecular weight is 367 g/mol. The van der Waals surface area contributed by atoms with Crippen LogP contribution in [0.25, 0.3) is 10.9 Å². The Hall–Kier alpha value is -2.30. The van der Waals surface area contributed by atoms with Gasteiger partial charge in [0.2, 0.25) is 5.91 Å². The number of likely N-dealkylation sites (tertiary alicyclic amines) is 2. The molecule has 1 aromatic heterocycles. The van der Waals surface area contributed by atoms with Crippen LogP contribution < -0.4 is 0 Å². The first-order valence-electron chi connectivity index (χ1n) is 9.99. The molecule has 0 N–H and O–H groups in total. The van der Waals surface area contributed by atoms with Crippen LogP contribution in [0.1, 0.15) is 49.2 Å². The van der Waals surface area contributed by atoms with E-state index in [4.69, 9.17) is 0 Å². The largest absolute Gasteiger partial charge is 0.340 e. The van der Waals surface area contributed by atoms with E-state index >= 15 is 0 Å². The van der Waals surface area contributed by atoms with Gasteiger partial charge in [-0.2, -0.15) is 0 Å². The van der Waals surface area contributed by atoms with Crippen molar-refractivity contribution < 1.29 is 9.59 Å². The van der Waals surface area contributed by atoms with Gasteiger partial charge in [0.15, 0.2) is 0 Å². The van der Waals surface area contributed by atoms with E-state index in [-0.39, 0.29) is 23.3 Å². The molecular formula is C22H29N3O2. The summed E-state index contributed by atoms with van der Waals surface area (Å²) in [5.41, 5.74) is 2.59. The van der Waals surface area contributed by atoms with E-state index in [2.05, 4.69) is 39.0 Å². The lowest BCUT2D eigenvalue weighted by atomic mass is 9.78. The van der Waals surface area contributed by atoms with E-state index in [9.17, 15) is 9.59 Å². The van der Waals surface area contributed by atoms with Crippen LogP contribution in [-0.4, -0.2) is 51.9 Å². The van der Waals surface area contributed by atoms with Crippen LogP contribution in [0.15, 0.2) is 24.3 Å². The molecule has 0 saturated carbocycles. The van der Waals surface area contributed by atoms with Crippen molar-refractivity contribution in [2.45, 2.75) is 46.1 Å². The van der Waals surface area contributed by atoms with Gasteiger partial charge >= 0.3 is 0 Å². The molecule has 1 spiro atoms. The first-order chi connectivity index (χ1) is 12.8. The average Bonchev–Trinajstić information content (AvgIpc) is 3.20. The van der Waals surface area contributed by atoms with Crippen molar-refractivity contribution in [2.75, 3.05) is 19.6 Å². The van der Waals surface area contributed by atoms with Crippen LogP contribution >= 0.6 is 0 Å². The fourth-order valence-electron chi connectivity index (χ4n) is 4.83. The summed E-state index contributed by atoms with van der Waals surface area (Å²) in [5.74, 6) is 0.282. The summed E-state index contributed by atoms with van der Waals surface area (Å²) in [4.78, 5) is 30.3. The summed E-state index contributed by atoms with van der Waals surface area (Å²) in [6, 6.07) is 8.45. The maximum absolute atomic E-state index is 13.3. The molecule has 5 nitrogen and oxygen atoms in total. The Bertz CT molecular complexity index is 914. The van der Waals surface area contributed by atoms with E-state index in [1.165, 1.54) is 5.56 Å². The minimum atomic E-state index is -0.376. The second kappa shape index (κ2) is 6.39. The Morgan fingerprint density at radius 2 is 1.93 bits per heavy atom. The highest BCUT2D eigenvalue weighted by molar-refractivity contribution is 5.99. The molecule has 1 atom stereocenters. The lowest BCUT2D eigenvalue weighted by Crippen LogP contribution is -2.52. The molecule has 5 heteroatoms. The highest BCUT2D eigenvalue weighted by atomic mass is 16.2. The zero-order valence-electron chi connectivity index (χ0n) is 16.8. The van der Waals surface area contributed by atoms with Gasteiger partial charge in [-0.1, -0.05) is 12.1 Å². The number of nitrogens with zero attached hydrogens (tertiary/aromatic N) is 3. The zero-order chi connectivity index (χ0) is 19.3. The summed E-state index contributed by atoms with van der Waals surface area (Å²) >= 11 is 0. The Labute approximate surface area is 160 Å². The lowest BCUT2D eigenvalue weighted by molar-refractivity contribution is -0.147. The fraction of sp³-hybridized carbons (Fsp3) is 0.545. The van der Waals surface area contributed by atoms with E-state index in [0.29, 0.717) is 18.8 Å². The number of hydrogen-bond acceptors (Lipinski definition) is 2. The monoisotopic (exact) mass is 367 g/mol. The Balaban J connectivity index is 1.60. The number of aromatic nitrogens is 1. The van der Waals surface area contributed by atoms with Gasteiger partial charge in [0.1, 0.15) is 5.69 Å². The van der Waals surface area contributed by atoms with Gasteiger partial charge in [0.25, 0.3) is 5.91 Å². The maximum Gasteiger partial charge on any atom is 0.270 e. The topological polar surface area (TPSA) is 45.6 Å². The summed E-state index contributed by atoms with van der Waals surface area (Å²) in [5, 5.41) is 1.08. The summed E-state index contributed by atoms with van der Waals surface area (Å²) in [7, 11) is 1.95. The van der Waals surface area contributed by atoms with Crippen LogP contribution in [0.2, 0.25) is 0 Å². The molecule has 2 amide bonds. The second-order valence-corrected chi connectivity index (χ2v) is 8.60. The molecule has 2 saturated heterocycles. The first kappa shape index (κ1) is 18.1. The molecule has 0 radical (unpaired) electrons. The summed E-state index contributed by atoms with van der Waals surface area (Å²) in [6.07, 6.45) is 2.70. The molecule has 27 heavy (non-hydrogen) atoms. The number of carbonyl (C=O) groups excluding carboxylic acids is 2. The Morgan fingerprint density at radius 1 is 1.15 bits per heavy atom. The summed E-state index contributed by atoms with van der Waals surface area (Å²) < 4.78 is 1.98. The maximum atomic E-state index is 13.3. The van der Waals surface area contributed by atoms with Gasteiger partial charge in [0.05, 0.1) is 5.41 Å². The van der Waals surface area contributed by atoms with Gasteiger partial charge in [-0.25, -0.2) is 0 Å². The molecule has 4 rings (SSSR count). The minimum Gasteiger partial charge on any atom is -0.340 e. The number of rotatable bonds is 2. The number of amides is 2. The molecule has 144 valence electrons. The lowest BCUT2D eigenvalue weighted by Gasteiger charge is -2.41. The molecular weight excluding hydrogens is 338 g/mol. The summed E-state index contributed by atoms with van der Waals surface area (Å²) in [6.45, 7) is 8.27. The van der Waals surface area contributed by atoms with Crippen molar-refractivity contribution in [3.8, 4) is 0 Å². The predicted octanol–water partition coefficient (Wildman–Crippen LogP) is 3.35. The third-order valence-corrected chi connectivity index (χ3v) is 6.45. The van der Waals surface area contributed by atoms with Crippen LogP contribution in [-0.2, 0) is 11.8 Å². The molecule has 1 aromatic carbocycles. The zero-order valence-corrected chi connectivity index (χ0v) is 16.8. The second-order valence-electron chi connectivity index (χ2n) is 8.60. The quantitative estimate of drug-likeness (QED) is 0.817. The fourth-order valence-corrected chi connectivity index (χ4v) is 4.83. The number of piperidine rings is 1. The van der Waals surface area contributed by atoms with Crippen molar-refractivity contribution in [1.29, 1.82) is 0 Å². The molecule has 2 fully saturated rings. The van der Waals surface area contributed by atoms with E-state index in [1.54, 1.807) is 0 Å². The number of carbonyl (C=O) groups is 2. The standard InChI is InChI=1S/C22H29N3O2/c1-15(2)25-10-5-8-22(21(25)27)9-11-24(14-22)20(26)19-13-17-7-6-16(3)12-18(17)23(19)4/h6-7,12-13,15H,5,8-11,14H2,1-4H3. The van der Waals surface area contributed by atoms with Gasteiger partial charge in [-0.3, -0.25) is 9.59 Å². The molecule has 1 unspecified atom stereocenters. The van der Waals surface area contributed by atoms with Crippen LogP contribution in [0.3, 0.4) is 0 Å². The molecule has 2 aromatic rings. The molecule has 0 aliphatic carbocycles. The van der Waals surface area contributed by atoms with Gasteiger partial charge in [-0.05, 0) is 57.7 Å². The van der Waals surface area contributed by atoms with Crippen LogP contribution in [0.4, 0.5) is 0 Å². The minimum absolute atomic E-state index is 0.0395. The molecule has 3 heterocycles. The highest BCUT2D eigenvalue weighted by Crippen LogP contribution is 2.41. The third kappa shape index (κ3) is 2.84. The first-order valence-corrected chi connectivity index (χ1v) is 9.99. The van der Waals surface area contributed by atoms with Gasteiger partial charge < -0.3 is 14.4 Å². The molecule has 2 aliphatic rings. The smallest absolute Gasteiger partial charge is 0.270 e. The van der Waals surface area contributed by atoms with Crippen molar-refractivity contribution in [3.63, 3.8) is 0 Å². The third-order valence-electron chi connectivity index (χ3n) is 6.45. The van der Waals surface area contributed by atoms with Crippen molar-refractivity contribution in [3.05, 3.63) is 35.5 Å². The number of fused-ring (bicyclic) bond motifs is 1. The van der Waals surface area contributed by atoms with E-state index < -0.39 is 0 Å². The molecule has 0 bridgehead atoms. The van der Waals surface area contributed by atoms with Gasteiger partial charge in [-0.15, -0.1) is 0 Å². The van der Waals surface area contributed by atoms with Crippen LogP contribution in [0, 0.1) is 12.3 Å². The van der Waals surface area contributed by atoms with Crippen molar-refractivity contribution in [1.82, 2.24) is 14.4 Å². The Morgan fingerprint density at radius 3 is 2.67 bits per heavy atom. The van der Waals surface area contributed by atoms with Crippen molar-refractivity contribution in [2.24, 2.45) is 12.5 Å². The SMILES string of the molecule is Cc1ccc2cc(C(=O)N3CCC4(CCCN(C(C)C)C4=O)C3)n(C)c2c1. The van der Waals surface area contributed by atoms with Crippen LogP contribution in [0.5, 0.6) is 0 Å². The van der Waals surface area contributed by atoms with Crippen molar-refractivity contribution >= 4 is 22.7 Å². The molecule has 2 aliphatic heterocycles. The number of hydrogen-bond donors (Lipinski definition) is 0. The van der Waals surface area contributed by atoms with E-state index in [0.717, 1.165) is 36.7 Å². The predicted molar refractivity (Wildman–Crippen MR) is 107 cm³/mol. The number of aryl methyl sites for hydroxylation is 2. The Kier molecular flexibility index (Phi) is 4.28.